The topological polar surface area (TPSA) is 43.3 Å². The molecule has 2 heterocycles. The predicted octanol–water partition coefficient (Wildman–Crippen LogP) is 5.07. The summed E-state index contributed by atoms with van der Waals surface area (Å²) < 4.78 is 34.3. The minimum Gasteiger partial charge on any atom is -0.378 e. The molecule has 2 aliphatic rings. The minimum absolute atomic E-state index is 0.0343. The molecule has 0 bridgehead atoms. The Morgan fingerprint density at radius 2 is 2.10 bits per heavy atom. The standard InChI is InChI=1S/C22H27ClF2N2O2/c23-18-2-1-3-19-21(18)17(13-27(19)12-16-14-29-11-10-26-16)20(28)5-4-15-6-8-22(24,25)9-7-15/h1-3,13,15-16,26H,4-12,14H2. The summed E-state index contributed by atoms with van der Waals surface area (Å²) >= 11 is 6.45. The van der Waals surface area contributed by atoms with Crippen molar-refractivity contribution >= 4 is 28.3 Å². The van der Waals surface area contributed by atoms with Gasteiger partial charge < -0.3 is 14.6 Å². The Balaban J connectivity index is 1.49. The molecule has 1 saturated heterocycles. The molecule has 0 amide bonds. The number of morpholine rings is 1. The Bertz CT molecular complexity index is 867. The molecule has 2 fully saturated rings. The summed E-state index contributed by atoms with van der Waals surface area (Å²) in [5.74, 6) is -2.30. The van der Waals surface area contributed by atoms with E-state index in [-0.39, 0.29) is 30.6 Å². The molecular weight excluding hydrogens is 398 g/mol. The average molecular weight is 425 g/mol. The molecule has 1 N–H and O–H groups in total. The third-order valence-corrected chi connectivity index (χ3v) is 6.50. The molecule has 4 rings (SSSR count). The fourth-order valence-electron chi connectivity index (χ4n) is 4.50. The van der Waals surface area contributed by atoms with Crippen LogP contribution in [0.25, 0.3) is 10.9 Å². The van der Waals surface area contributed by atoms with Crippen LogP contribution >= 0.6 is 11.6 Å². The van der Waals surface area contributed by atoms with Crippen LogP contribution in [0.2, 0.25) is 5.02 Å². The highest BCUT2D eigenvalue weighted by molar-refractivity contribution is 6.37. The van der Waals surface area contributed by atoms with Crippen LogP contribution in [-0.2, 0) is 11.3 Å². The van der Waals surface area contributed by atoms with Gasteiger partial charge >= 0.3 is 0 Å². The first-order chi connectivity index (χ1) is 13.9. The summed E-state index contributed by atoms with van der Waals surface area (Å²) in [7, 11) is 0. The van der Waals surface area contributed by atoms with Crippen molar-refractivity contribution in [2.75, 3.05) is 19.8 Å². The Morgan fingerprint density at radius 3 is 2.83 bits per heavy atom. The van der Waals surface area contributed by atoms with Crippen molar-refractivity contribution in [3.8, 4) is 0 Å². The summed E-state index contributed by atoms with van der Waals surface area (Å²) in [6, 6.07) is 5.86. The SMILES string of the molecule is O=C(CCC1CCC(F)(F)CC1)c1cn(CC2COCCN2)c2cccc(Cl)c12. The lowest BCUT2D eigenvalue weighted by Gasteiger charge is -2.27. The third-order valence-electron chi connectivity index (χ3n) is 6.19. The first-order valence-corrected chi connectivity index (χ1v) is 10.8. The van der Waals surface area contributed by atoms with Gasteiger partial charge in [0.2, 0.25) is 5.92 Å². The molecule has 4 nitrogen and oxygen atoms in total. The van der Waals surface area contributed by atoms with Crippen molar-refractivity contribution in [2.24, 2.45) is 5.92 Å². The molecule has 1 aromatic heterocycles. The van der Waals surface area contributed by atoms with Gasteiger partial charge in [0, 0.05) is 55.5 Å². The molecule has 1 unspecified atom stereocenters. The lowest BCUT2D eigenvalue weighted by atomic mass is 9.83. The van der Waals surface area contributed by atoms with Crippen LogP contribution in [0.5, 0.6) is 0 Å². The number of ketones is 1. The van der Waals surface area contributed by atoms with Crippen LogP contribution in [-0.4, -0.2) is 42.1 Å². The molecule has 1 aliphatic carbocycles. The lowest BCUT2D eigenvalue weighted by molar-refractivity contribution is -0.0464. The second-order valence-corrected chi connectivity index (χ2v) is 8.72. The maximum absolute atomic E-state index is 13.4. The van der Waals surface area contributed by atoms with Gasteiger partial charge in [0.15, 0.2) is 5.78 Å². The van der Waals surface area contributed by atoms with Crippen molar-refractivity contribution in [3.63, 3.8) is 0 Å². The number of nitrogens with zero attached hydrogens (tertiary/aromatic N) is 1. The molecule has 7 heteroatoms. The van der Waals surface area contributed by atoms with E-state index in [4.69, 9.17) is 16.3 Å². The van der Waals surface area contributed by atoms with Gasteiger partial charge in [-0.3, -0.25) is 4.79 Å². The van der Waals surface area contributed by atoms with Crippen LogP contribution in [0.4, 0.5) is 8.78 Å². The average Bonchev–Trinajstić information content (AvgIpc) is 3.08. The first kappa shape index (κ1) is 20.8. The third kappa shape index (κ3) is 4.81. The number of aromatic nitrogens is 1. The number of benzene rings is 1. The van der Waals surface area contributed by atoms with Gasteiger partial charge in [-0.2, -0.15) is 0 Å². The quantitative estimate of drug-likeness (QED) is 0.658. The van der Waals surface area contributed by atoms with E-state index in [0.29, 0.717) is 56.0 Å². The van der Waals surface area contributed by atoms with Crippen LogP contribution in [0.15, 0.2) is 24.4 Å². The van der Waals surface area contributed by atoms with Crippen LogP contribution in [0, 0.1) is 5.92 Å². The fourth-order valence-corrected chi connectivity index (χ4v) is 4.78. The zero-order valence-corrected chi connectivity index (χ0v) is 17.2. The predicted molar refractivity (Wildman–Crippen MR) is 110 cm³/mol. The van der Waals surface area contributed by atoms with E-state index in [1.54, 1.807) is 6.07 Å². The second-order valence-electron chi connectivity index (χ2n) is 8.32. The van der Waals surface area contributed by atoms with Gasteiger partial charge in [-0.25, -0.2) is 8.78 Å². The van der Waals surface area contributed by atoms with Crippen molar-refractivity contribution in [2.45, 2.75) is 57.0 Å². The largest absolute Gasteiger partial charge is 0.378 e. The first-order valence-electron chi connectivity index (χ1n) is 10.4. The highest BCUT2D eigenvalue weighted by Gasteiger charge is 2.35. The van der Waals surface area contributed by atoms with Crippen molar-refractivity contribution in [3.05, 3.63) is 35.0 Å². The van der Waals surface area contributed by atoms with Crippen molar-refractivity contribution in [1.82, 2.24) is 9.88 Å². The zero-order chi connectivity index (χ0) is 20.4. The maximum atomic E-state index is 13.4. The fraction of sp³-hybridized carbons (Fsp3) is 0.591. The smallest absolute Gasteiger partial charge is 0.248 e. The van der Waals surface area contributed by atoms with Gasteiger partial charge in [0.05, 0.1) is 23.8 Å². The number of halogens is 3. The summed E-state index contributed by atoms with van der Waals surface area (Å²) in [6.07, 6.45) is 3.78. The van der Waals surface area contributed by atoms with Crippen molar-refractivity contribution in [1.29, 1.82) is 0 Å². The van der Waals surface area contributed by atoms with E-state index in [2.05, 4.69) is 9.88 Å². The Labute approximate surface area is 174 Å². The molecule has 1 atom stereocenters. The molecule has 1 saturated carbocycles. The molecule has 2 aromatic rings. The number of ether oxygens (including phenoxy) is 1. The highest BCUT2D eigenvalue weighted by Crippen LogP contribution is 2.38. The molecule has 1 aromatic carbocycles. The number of nitrogens with one attached hydrogen (secondary N) is 1. The van der Waals surface area contributed by atoms with Gasteiger partial charge in [-0.1, -0.05) is 17.7 Å². The van der Waals surface area contributed by atoms with E-state index in [0.717, 1.165) is 17.4 Å². The molecule has 0 spiro atoms. The number of Topliss-reactive ketones (excluding diaryl/α,β-unsaturated/α-hetero) is 1. The van der Waals surface area contributed by atoms with E-state index >= 15 is 0 Å². The van der Waals surface area contributed by atoms with E-state index < -0.39 is 5.92 Å². The van der Waals surface area contributed by atoms with E-state index in [1.807, 2.05) is 18.3 Å². The van der Waals surface area contributed by atoms with Crippen LogP contribution in [0.3, 0.4) is 0 Å². The molecule has 0 radical (unpaired) electrons. The summed E-state index contributed by atoms with van der Waals surface area (Å²) in [6.45, 7) is 2.86. The van der Waals surface area contributed by atoms with Gasteiger partial charge in [0.25, 0.3) is 0 Å². The van der Waals surface area contributed by atoms with Crippen molar-refractivity contribution < 1.29 is 18.3 Å². The minimum atomic E-state index is -2.53. The van der Waals surface area contributed by atoms with E-state index in [9.17, 15) is 13.6 Å². The Morgan fingerprint density at radius 1 is 1.31 bits per heavy atom. The number of carbonyl (C=O) groups excluding carboxylic acids is 1. The second kappa shape index (κ2) is 8.70. The number of hydrogen-bond acceptors (Lipinski definition) is 3. The monoisotopic (exact) mass is 424 g/mol. The maximum Gasteiger partial charge on any atom is 0.248 e. The van der Waals surface area contributed by atoms with Crippen LogP contribution in [0.1, 0.15) is 48.9 Å². The number of rotatable bonds is 6. The summed E-state index contributed by atoms with van der Waals surface area (Å²) in [5, 5.41) is 4.78. The van der Waals surface area contributed by atoms with E-state index in [1.165, 1.54) is 0 Å². The molecule has 1 aliphatic heterocycles. The normalized spacial score (nSPS) is 22.8. The van der Waals surface area contributed by atoms with Gasteiger partial charge in [-0.05, 0) is 37.3 Å². The summed E-state index contributed by atoms with van der Waals surface area (Å²) in [4.78, 5) is 13.0. The number of fused-ring (bicyclic) bond motifs is 1. The number of hydrogen-bond donors (Lipinski definition) is 1. The van der Waals surface area contributed by atoms with Crippen LogP contribution < -0.4 is 5.32 Å². The molecular formula is C22H27ClF2N2O2. The Hall–Kier alpha value is -1.50. The number of alkyl halides is 2. The lowest BCUT2D eigenvalue weighted by Crippen LogP contribution is -2.43. The summed E-state index contributed by atoms with van der Waals surface area (Å²) in [5.41, 5.74) is 1.56. The highest BCUT2D eigenvalue weighted by atomic mass is 35.5. The zero-order valence-electron chi connectivity index (χ0n) is 16.4. The molecule has 158 valence electrons. The van der Waals surface area contributed by atoms with Gasteiger partial charge in [0.1, 0.15) is 0 Å². The number of carbonyl (C=O) groups is 1. The molecule has 29 heavy (non-hydrogen) atoms. The van der Waals surface area contributed by atoms with Gasteiger partial charge in [-0.15, -0.1) is 0 Å². The Kier molecular flexibility index (Phi) is 6.23.